The Labute approximate surface area is 170 Å². The number of carbonyl (C=O) groups excluding carboxylic acids is 1. The van der Waals surface area contributed by atoms with E-state index in [-0.39, 0.29) is 24.0 Å². The molecule has 0 aromatic heterocycles. The molecule has 0 spiro atoms. The van der Waals surface area contributed by atoms with E-state index in [2.05, 4.69) is 6.58 Å². The highest BCUT2D eigenvalue weighted by Gasteiger charge is 2.33. The molecule has 1 heterocycles. The number of nitro groups is 1. The molecule has 3 rings (SSSR count). The van der Waals surface area contributed by atoms with E-state index in [1.54, 1.807) is 12.3 Å². The fourth-order valence-electron chi connectivity index (χ4n) is 3.52. The summed E-state index contributed by atoms with van der Waals surface area (Å²) >= 11 is 0. The van der Waals surface area contributed by atoms with Gasteiger partial charge < -0.3 is 4.74 Å². The molecule has 0 saturated heterocycles. The van der Waals surface area contributed by atoms with Crippen molar-refractivity contribution in [3.8, 4) is 0 Å². The van der Waals surface area contributed by atoms with Crippen molar-refractivity contribution in [3.05, 3.63) is 100 Å². The summed E-state index contributed by atoms with van der Waals surface area (Å²) in [4.78, 5) is 25.3. The van der Waals surface area contributed by atoms with Gasteiger partial charge in [0.05, 0.1) is 11.6 Å². The van der Waals surface area contributed by atoms with Gasteiger partial charge in [-0.05, 0) is 42.0 Å². The summed E-state index contributed by atoms with van der Waals surface area (Å²) in [7, 11) is 0. The third kappa shape index (κ3) is 5.10. The number of amides is 1. The molecule has 0 N–H and O–H groups in total. The first-order valence-electron chi connectivity index (χ1n) is 9.62. The Morgan fingerprint density at radius 2 is 1.90 bits per heavy atom. The van der Waals surface area contributed by atoms with Crippen LogP contribution in [0.3, 0.4) is 0 Å². The van der Waals surface area contributed by atoms with Gasteiger partial charge in [-0.1, -0.05) is 54.6 Å². The second kappa shape index (κ2) is 9.68. The van der Waals surface area contributed by atoms with Crippen molar-refractivity contribution >= 4 is 11.8 Å². The smallest absolute Gasteiger partial charge is 0.418 e. The van der Waals surface area contributed by atoms with Gasteiger partial charge in [0.15, 0.2) is 0 Å². The lowest BCUT2D eigenvalue weighted by Gasteiger charge is -2.31. The summed E-state index contributed by atoms with van der Waals surface area (Å²) in [5.41, 5.74) is 3.16. The predicted octanol–water partition coefficient (Wildman–Crippen LogP) is 5.44. The highest BCUT2D eigenvalue weighted by atomic mass is 16.6. The molecule has 0 aliphatic carbocycles. The van der Waals surface area contributed by atoms with Crippen LogP contribution in [0.15, 0.2) is 79.0 Å². The van der Waals surface area contributed by atoms with E-state index in [0.717, 1.165) is 29.5 Å². The highest BCUT2D eigenvalue weighted by Crippen LogP contribution is 2.40. The van der Waals surface area contributed by atoms with Crippen molar-refractivity contribution in [2.45, 2.75) is 31.8 Å². The van der Waals surface area contributed by atoms with E-state index >= 15 is 0 Å². The minimum atomic E-state index is -0.498. The van der Waals surface area contributed by atoms with E-state index in [4.69, 9.17) is 4.74 Å². The molecule has 0 bridgehead atoms. The summed E-state index contributed by atoms with van der Waals surface area (Å²) in [6, 6.07) is 16.8. The second-order valence-corrected chi connectivity index (χ2v) is 6.92. The zero-order valence-electron chi connectivity index (χ0n) is 16.2. The molecule has 150 valence electrons. The fraction of sp³-hybridized carbons (Fsp3) is 0.261. The van der Waals surface area contributed by atoms with Crippen LogP contribution in [-0.2, 0) is 11.3 Å². The average molecular weight is 392 g/mol. The summed E-state index contributed by atoms with van der Waals surface area (Å²) in [6.45, 7) is 3.69. The Kier molecular flexibility index (Phi) is 6.79. The topological polar surface area (TPSA) is 72.7 Å². The van der Waals surface area contributed by atoms with Gasteiger partial charge in [-0.15, -0.1) is 6.58 Å². The standard InChI is InChI=1S/C23H24N2O4/c1-2-3-5-12-19-15-24(23(26)29-17-18-10-6-4-7-11-18)22-14-9-8-13-20(22)21(19)16-25(27)28/h2,4,6-11,13-15,21H,1,3,5,12,16-17H2/t21-/m0/s1. The lowest BCUT2D eigenvalue weighted by atomic mass is 9.85. The molecule has 1 atom stereocenters. The molecule has 1 aliphatic rings. The van der Waals surface area contributed by atoms with Crippen molar-refractivity contribution < 1.29 is 14.5 Å². The minimum Gasteiger partial charge on any atom is -0.444 e. The number of hydrogen-bond acceptors (Lipinski definition) is 4. The van der Waals surface area contributed by atoms with Gasteiger partial charge in [0, 0.05) is 11.1 Å². The van der Waals surface area contributed by atoms with Gasteiger partial charge >= 0.3 is 6.09 Å². The summed E-state index contributed by atoms with van der Waals surface area (Å²) < 4.78 is 5.51. The first kappa shape index (κ1) is 20.3. The highest BCUT2D eigenvalue weighted by molar-refractivity contribution is 5.92. The average Bonchev–Trinajstić information content (AvgIpc) is 2.74. The number of hydrogen-bond donors (Lipinski definition) is 0. The fourth-order valence-corrected chi connectivity index (χ4v) is 3.52. The van der Waals surface area contributed by atoms with Gasteiger partial charge in [0.25, 0.3) is 0 Å². The van der Waals surface area contributed by atoms with Crippen molar-refractivity contribution in [1.29, 1.82) is 0 Å². The normalized spacial score (nSPS) is 15.2. The first-order chi connectivity index (χ1) is 14.1. The Bertz CT molecular complexity index is 908. The molecule has 2 aromatic carbocycles. The van der Waals surface area contributed by atoms with Gasteiger partial charge in [-0.2, -0.15) is 0 Å². The molecule has 1 amide bonds. The van der Waals surface area contributed by atoms with Crippen LogP contribution in [0.4, 0.5) is 10.5 Å². The summed E-state index contributed by atoms with van der Waals surface area (Å²) in [6.07, 6.45) is 5.32. The third-order valence-corrected chi connectivity index (χ3v) is 4.92. The molecule has 0 radical (unpaired) electrons. The van der Waals surface area contributed by atoms with E-state index in [1.807, 2.05) is 54.6 Å². The van der Waals surface area contributed by atoms with Crippen LogP contribution < -0.4 is 4.90 Å². The molecule has 29 heavy (non-hydrogen) atoms. The SMILES string of the molecule is C=CCCCC1=CN(C(=O)OCc2ccccc2)c2ccccc2[C@H]1C[N+](=O)[O-]. The van der Waals surface area contributed by atoms with Crippen LogP contribution in [0.25, 0.3) is 0 Å². The van der Waals surface area contributed by atoms with Gasteiger partial charge in [0.1, 0.15) is 6.61 Å². The van der Waals surface area contributed by atoms with Gasteiger partial charge in [0.2, 0.25) is 6.54 Å². The number of para-hydroxylation sites is 1. The number of anilines is 1. The zero-order chi connectivity index (χ0) is 20.6. The molecule has 6 heteroatoms. The zero-order valence-corrected chi connectivity index (χ0v) is 16.2. The number of carbonyl (C=O) groups is 1. The van der Waals surface area contributed by atoms with Crippen LogP contribution in [0.5, 0.6) is 0 Å². The maximum atomic E-state index is 12.8. The Balaban J connectivity index is 1.87. The number of nitrogens with zero attached hydrogens (tertiary/aromatic N) is 2. The van der Waals surface area contributed by atoms with Crippen LogP contribution in [0, 0.1) is 10.1 Å². The quantitative estimate of drug-likeness (QED) is 0.259. The Morgan fingerprint density at radius 1 is 1.17 bits per heavy atom. The Hall–Kier alpha value is -3.41. The maximum Gasteiger partial charge on any atom is 0.418 e. The van der Waals surface area contributed by atoms with E-state index in [0.29, 0.717) is 12.1 Å². The number of ether oxygens (including phenoxy) is 1. The summed E-state index contributed by atoms with van der Waals surface area (Å²) in [5.74, 6) is -0.357. The van der Waals surface area contributed by atoms with Crippen LogP contribution >= 0.6 is 0 Å². The first-order valence-corrected chi connectivity index (χ1v) is 9.62. The molecular formula is C23H24N2O4. The lowest BCUT2D eigenvalue weighted by Crippen LogP contribution is -2.32. The van der Waals surface area contributed by atoms with Gasteiger partial charge in [-0.25, -0.2) is 4.79 Å². The van der Waals surface area contributed by atoms with E-state index < -0.39 is 6.09 Å². The summed E-state index contributed by atoms with van der Waals surface area (Å²) in [5, 5.41) is 11.3. The molecule has 0 saturated carbocycles. The van der Waals surface area contributed by atoms with Crippen LogP contribution in [0.2, 0.25) is 0 Å². The molecule has 6 nitrogen and oxygen atoms in total. The molecule has 2 aromatic rings. The monoisotopic (exact) mass is 392 g/mol. The molecule has 0 unspecified atom stereocenters. The van der Waals surface area contributed by atoms with E-state index in [9.17, 15) is 14.9 Å². The number of benzene rings is 2. The number of unbranched alkanes of at least 4 members (excludes halogenated alkanes) is 1. The van der Waals surface area contributed by atoms with Crippen molar-refractivity contribution in [3.63, 3.8) is 0 Å². The maximum absolute atomic E-state index is 12.8. The molecular weight excluding hydrogens is 368 g/mol. The predicted molar refractivity (Wildman–Crippen MR) is 112 cm³/mol. The van der Waals surface area contributed by atoms with Crippen molar-refractivity contribution in [2.24, 2.45) is 0 Å². The van der Waals surface area contributed by atoms with Crippen molar-refractivity contribution in [2.75, 3.05) is 11.4 Å². The number of rotatable bonds is 8. The number of allylic oxidation sites excluding steroid dienone is 1. The molecule has 0 fully saturated rings. The van der Waals surface area contributed by atoms with E-state index in [1.165, 1.54) is 4.90 Å². The third-order valence-electron chi connectivity index (χ3n) is 4.92. The van der Waals surface area contributed by atoms with Crippen LogP contribution in [0.1, 0.15) is 36.3 Å². The van der Waals surface area contributed by atoms with Crippen molar-refractivity contribution in [1.82, 2.24) is 0 Å². The second-order valence-electron chi connectivity index (χ2n) is 6.92. The number of fused-ring (bicyclic) bond motifs is 1. The minimum absolute atomic E-state index is 0.163. The van der Waals surface area contributed by atoms with Gasteiger partial charge in [-0.3, -0.25) is 15.0 Å². The molecule has 1 aliphatic heterocycles. The largest absolute Gasteiger partial charge is 0.444 e. The lowest BCUT2D eigenvalue weighted by molar-refractivity contribution is -0.482. The Morgan fingerprint density at radius 3 is 2.62 bits per heavy atom. The van der Waals surface area contributed by atoms with Crippen LogP contribution in [-0.4, -0.2) is 17.6 Å².